The van der Waals surface area contributed by atoms with Crippen LogP contribution in [0.15, 0.2) is 59.8 Å². The molecule has 2 aromatic heterocycles. The molecule has 3 aromatic rings. The molecule has 0 radical (unpaired) electrons. The molecule has 0 bridgehead atoms. The number of hydrogen-bond donors (Lipinski definition) is 1. The Morgan fingerprint density at radius 2 is 1.97 bits per heavy atom. The normalized spacial score (nSPS) is 14.4. The number of aliphatic hydroxyl groups is 1. The number of nitrogens with zero attached hydrogens (tertiary/aromatic N) is 4. The van der Waals surface area contributed by atoms with E-state index >= 15 is 0 Å². The van der Waals surface area contributed by atoms with Crippen molar-refractivity contribution < 1.29 is 23.1 Å². The van der Waals surface area contributed by atoms with Gasteiger partial charge in [0.05, 0.1) is 38.1 Å². The van der Waals surface area contributed by atoms with Crippen molar-refractivity contribution in [2.24, 2.45) is 0 Å². The molecule has 3 heterocycles. The Hall–Kier alpha value is -3.24. The highest BCUT2D eigenvalue weighted by atomic mass is 32.2. The van der Waals surface area contributed by atoms with Crippen LogP contribution in [0.3, 0.4) is 0 Å². The molecule has 9 nitrogen and oxygen atoms in total. The van der Waals surface area contributed by atoms with Crippen LogP contribution in [0.25, 0.3) is 0 Å². The van der Waals surface area contributed by atoms with Crippen molar-refractivity contribution in [3.8, 4) is 5.88 Å². The Morgan fingerprint density at radius 1 is 1.20 bits per heavy atom. The fourth-order valence-corrected chi connectivity index (χ4v) is 4.50. The number of rotatable bonds is 6. The van der Waals surface area contributed by atoms with Crippen molar-refractivity contribution in [2.75, 3.05) is 13.7 Å². The Kier molecular flexibility index (Phi) is 5.27. The van der Waals surface area contributed by atoms with Crippen molar-refractivity contribution >= 4 is 15.9 Å². The van der Waals surface area contributed by atoms with Crippen molar-refractivity contribution in [2.45, 2.75) is 23.9 Å². The van der Waals surface area contributed by atoms with Gasteiger partial charge in [-0.1, -0.05) is 30.3 Å². The lowest BCUT2D eigenvalue weighted by molar-refractivity contribution is -0.134. The minimum atomic E-state index is -3.90. The summed E-state index contributed by atoms with van der Waals surface area (Å²) in [4.78, 5) is 18.4. The van der Waals surface area contributed by atoms with Crippen LogP contribution < -0.4 is 4.74 Å². The van der Waals surface area contributed by atoms with E-state index in [4.69, 9.17) is 4.74 Å². The van der Waals surface area contributed by atoms with E-state index in [-0.39, 0.29) is 30.5 Å². The molecule has 1 N–H and O–H groups in total. The van der Waals surface area contributed by atoms with Crippen LogP contribution in [0.2, 0.25) is 0 Å². The minimum absolute atomic E-state index is 0.0122. The Balaban J connectivity index is 1.53. The van der Waals surface area contributed by atoms with E-state index in [0.717, 1.165) is 9.65 Å². The van der Waals surface area contributed by atoms with Gasteiger partial charge in [-0.3, -0.25) is 4.79 Å². The number of hydrogen-bond acceptors (Lipinski definition) is 7. The summed E-state index contributed by atoms with van der Waals surface area (Å²) >= 11 is 0. The Morgan fingerprint density at radius 3 is 2.57 bits per heavy atom. The Bertz CT molecular complexity index is 1140. The van der Waals surface area contributed by atoms with Crippen LogP contribution in [-0.2, 0) is 27.9 Å². The molecule has 1 aromatic carbocycles. The summed E-state index contributed by atoms with van der Waals surface area (Å²) in [7, 11) is -2.45. The van der Waals surface area contributed by atoms with Crippen LogP contribution in [0.4, 0.5) is 0 Å². The van der Waals surface area contributed by atoms with Gasteiger partial charge in [0.1, 0.15) is 4.90 Å². The average molecular weight is 428 g/mol. The largest absolute Gasteiger partial charge is 0.481 e. The second-order valence-electron chi connectivity index (χ2n) is 6.86. The van der Waals surface area contributed by atoms with E-state index < -0.39 is 15.9 Å². The van der Waals surface area contributed by atoms with E-state index in [1.807, 2.05) is 18.2 Å². The number of methoxy groups -OCH3 is 1. The first-order chi connectivity index (χ1) is 14.4. The number of carbonyl (C=O) groups excluding carboxylic acids is 1. The highest BCUT2D eigenvalue weighted by molar-refractivity contribution is 7.89. The number of aliphatic hydroxyl groups excluding tert-OH is 1. The molecular formula is C20H20N4O5S. The van der Waals surface area contributed by atoms with Crippen molar-refractivity contribution in [1.82, 2.24) is 19.1 Å². The maximum Gasteiger partial charge on any atom is 0.284 e. The third-order valence-corrected chi connectivity index (χ3v) is 6.53. The van der Waals surface area contributed by atoms with Crippen LogP contribution in [-0.4, -0.2) is 52.2 Å². The molecule has 0 aliphatic carbocycles. The molecule has 1 unspecified atom stereocenters. The lowest BCUT2D eigenvalue weighted by Gasteiger charge is -2.22. The second kappa shape index (κ2) is 7.88. The minimum Gasteiger partial charge on any atom is -0.481 e. The molecular weight excluding hydrogens is 408 g/mol. The third-order valence-electron chi connectivity index (χ3n) is 5.01. The third kappa shape index (κ3) is 3.55. The summed E-state index contributed by atoms with van der Waals surface area (Å²) in [6.07, 6.45) is 2.63. The van der Waals surface area contributed by atoms with Gasteiger partial charge >= 0.3 is 0 Å². The molecule has 30 heavy (non-hydrogen) atoms. The number of aromatic nitrogens is 3. The zero-order valence-electron chi connectivity index (χ0n) is 16.2. The number of ether oxygens (including phenoxy) is 1. The van der Waals surface area contributed by atoms with E-state index in [0.29, 0.717) is 17.1 Å². The molecule has 1 amide bonds. The number of benzene rings is 1. The number of pyridine rings is 1. The summed E-state index contributed by atoms with van der Waals surface area (Å²) in [6.45, 7) is 0.102. The van der Waals surface area contributed by atoms with E-state index in [2.05, 4.69) is 10.1 Å². The predicted octanol–water partition coefficient (Wildman–Crippen LogP) is 1.14. The summed E-state index contributed by atoms with van der Waals surface area (Å²) in [5, 5.41) is 13.9. The molecule has 1 atom stereocenters. The molecule has 1 aliphatic heterocycles. The summed E-state index contributed by atoms with van der Waals surface area (Å²) in [5.41, 5.74) is 1.89. The van der Waals surface area contributed by atoms with Gasteiger partial charge in [0.2, 0.25) is 11.8 Å². The van der Waals surface area contributed by atoms with Gasteiger partial charge in [0.15, 0.2) is 0 Å². The highest BCUT2D eigenvalue weighted by Gasteiger charge is 2.33. The number of amides is 1. The molecule has 156 valence electrons. The number of fused-ring (bicyclic) bond motifs is 1. The maximum atomic E-state index is 12.9. The van der Waals surface area contributed by atoms with Crippen LogP contribution >= 0.6 is 0 Å². The zero-order chi connectivity index (χ0) is 21.3. The summed E-state index contributed by atoms with van der Waals surface area (Å²) in [6, 6.07) is 11.9. The van der Waals surface area contributed by atoms with Gasteiger partial charge < -0.3 is 14.7 Å². The van der Waals surface area contributed by atoms with Crippen molar-refractivity contribution in [1.29, 1.82) is 0 Å². The summed E-state index contributed by atoms with van der Waals surface area (Å²) < 4.78 is 31.5. The van der Waals surface area contributed by atoms with Crippen molar-refractivity contribution in [3.05, 3.63) is 71.7 Å². The first-order valence-electron chi connectivity index (χ1n) is 9.21. The SMILES string of the molecule is COc1ccc(S(=O)(=O)n2cc3c(n2)CN(C(=O)C(CO)c2ccccc2)C3)cn1. The predicted molar refractivity (Wildman–Crippen MR) is 106 cm³/mol. The average Bonchev–Trinajstić information content (AvgIpc) is 3.35. The molecule has 1 aliphatic rings. The molecule has 0 spiro atoms. The monoisotopic (exact) mass is 428 g/mol. The van der Waals surface area contributed by atoms with Gasteiger partial charge in [-0.15, -0.1) is 0 Å². The lowest BCUT2D eigenvalue weighted by atomic mass is 9.98. The lowest BCUT2D eigenvalue weighted by Crippen LogP contribution is -2.33. The van der Waals surface area contributed by atoms with Gasteiger partial charge in [0.25, 0.3) is 10.0 Å². The fraction of sp³-hybridized carbons (Fsp3) is 0.250. The fourth-order valence-electron chi connectivity index (χ4n) is 3.39. The second-order valence-corrected chi connectivity index (χ2v) is 8.65. The molecule has 4 rings (SSSR count). The van der Waals surface area contributed by atoms with Crippen LogP contribution in [0.5, 0.6) is 5.88 Å². The first-order valence-corrected chi connectivity index (χ1v) is 10.7. The van der Waals surface area contributed by atoms with E-state index in [9.17, 15) is 18.3 Å². The maximum absolute atomic E-state index is 12.9. The Labute approximate surface area is 173 Å². The highest BCUT2D eigenvalue weighted by Crippen LogP contribution is 2.27. The smallest absolute Gasteiger partial charge is 0.284 e. The molecule has 0 saturated heterocycles. The van der Waals surface area contributed by atoms with Crippen molar-refractivity contribution in [3.63, 3.8) is 0 Å². The quantitative estimate of drug-likeness (QED) is 0.626. The standard InChI is InChI=1S/C20H20N4O5S/c1-29-19-8-7-16(9-21-19)30(27,28)24-11-15-10-23(12-18(15)22-24)20(26)17(13-25)14-5-3-2-4-6-14/h2-9,11,17,25H,10,12-13H2,1H3. The van der Waals surface area contributed by atoms with Gasteiger partial charge in [-0.05, 0) is 11.6 Å². The molecule has 0 fully saturated rings. The first kappa shape index (κ1) is 20.0. The number of carbonyl (C=O) groups is 1. The van der Waals surface area contributed by atoms with Crippen LogP contribution in [0, 0.1) is 0 Å². The molecule has 10 heteroatoms. The van der Waals surface area contributed by atoms with Crippen LogP contribution in [0.1, 0.15) is 22.7 Å². The van der Waals surface area contributed by atoms with Gasteiger partial charge in [-0.2, -0.15) is 17.6 Å². The molecule has 0 saturated carbocycles. The van der Waals surface area contributed by atoms with E-state index in [1.54, 1.807) is 17.0 Å². The van der Waals surface area contributed by atoms with Gasteiger partial charge in [0, 0.05) is 24.4 Å². The zero-order valence-corrected chi connectivity index (χ0v) is 17.0. The topological polar surface area (TPSA) is 115 Å². The van der Waals surface area contributed by atoms with E-state index in [1.165, 1.54) is 31.6 Å². The summed E-state index contributed by atoms with van der Waals surface area (Å²) in [5.74, 6) is -0.588. The van der Waals surface area contributed by atoms with Gasteiger partial charge in [-0.25, -0.2) is 4.98 Å².